The van der Waals surface area contributed by atoms with Crippen LogP contribution in [0, 0.1) is 5.92 Å². The third-order valence-corrected chi connectivity index (χ3v) is 3.65. The molecule has 1 aromatic rings. The van der Waals surface area contributed by atoms with Crippen LogP contribution in [0.25, 0.3) is 0 Å². The topological polar surface area (TPSA) is 54.9 Å². The van der Waals surface area contributed by atoms with Gasteiger partial charge in [-0.15, -0.1) is 0 Å². The number of rotatable bonds is 10. The summed E-state index contributed by atoms with van der Waals surface area (Å²) < 4.78 is 11.2. The summed E-state index contributed by atoms with van der Waals surface area (Å²) in [6.45, 7) is 11.9. The number of nitrogens with one attached hydrogen (secondary N) is 2. The fourth-order valence-electron chi connectivity index (χ4n) is 1.96. The van der Waals surface area contributed by atoms with Crippen molar-refractivity contribution in [3.63, 3.8) is 0 Å². The zero-order valence-corrected chi connectivity index (χ0v) is 15.8. The molecule has 1 aromatic carbocycles. The lowest BCUT2D eigenvalue weighted by atomic mass is 10.1. The van der Waals surface area contributed by atoms with Crippen molar-refractivity contribution in [2.24, 2.45) is 10.9 Å². The number of benzene rings is 1. The van der Waals surface area contributed by atoms with Crippen molar-refractivity contribution in [3.8, 4) is 0 Å². The molecule has 0 heterocycles. The van der Waals surface area contributed by atoms with Crippen LogP contribution in [0.2, 0.25) is 0 Å². The van der Waals surface area contributed by atoms with Gasteiger partial charge in [-0.05, 0) is 32.3 Å². The fraction of sp³-hybridized carbons (Fsp3) is 0.632. The van der Waals surface area contributed by atoms with Crippen molar-refractivity contribution >= 4 is 5.96 Å². The number of guanidine groups is 1. The highest BCUT2D eigenvalue weighted by Gasteiger charge is 2.15. The number of hydrogen-bond acceptors (Lipinski definition) is 3. The molecule has 1 atom stereocenters. The maximum Gasteiger partial charge on any atom is 0.191 e. The Labute approximate surface area is 146 Å². The zero-order valence-electron chi connectivity index (χ0n) is 15.8. The second-order valence-corrected chi connectivity index (χ2v) is 6.65. The largest absolute Gasteiger partial charge is 0.377 e. The molecule has 0 saturated carbocycles. The number of ether oxygens (including phenoxy) is 2. The van der Waals surface area contributed by atoms with E-state index in [1.165, 1.54) is 5.56 Å². The molecule has 0 saturated heterocycles. The minimum atomic E-state index is -0.257. The lowest BCUT2D eigenvalue weighted by Gasteiger charge is -2.22. The van der Waals surface area contributed by atoms with Crippen LogP contribution in [0.4, 0.5) is 0 Å². The van der Waals surface area contributed by atoms with Crippen LogP contribution in [0.5, 0.6) is 0 Å². The maximum absolute atomic E-state index is 5.79. The van der Waals surface area contributed by atoms with Crippen LogP contribution in [0.3, 0.4) is 0 Å². The van der Waals surface area contributed by atoms with Crippen LogP contribution < -0.4 is 10.6 Å². The first-order valence-corrected chi connectivity index (χ1v) is 8.66. The van der Waals surface area contributed by atoms with Gasteiger partial charge in [0, 0.05) is 20.2 Å². The molecule has 1 unspecified atom stereocenters. The molecule has 5 nitrogen and oxygen atoms in total. The number of methoxy groups -OCH3 is 1. The quantitative estimate of drug-likeness (QED) is 0.510. The van der Waals surface area contributed by atoms with Gasteiger partial charge in [0.25, 0.3) is 0 Å². The summed E-state index contributed by atoms with van der Waals surface area (Å²) >= 11 is 0. The highest BCUT2D eigenvalue weighted by atomic mass is 16.5. The molecule has 2 N–H and O–H groups in total. The molecule has 1 rings (SSSR count). The molecular weight excluding hydrogens is 302 g/mol. The first kappa shape index (κ1) is 20.5. The van der Waals surface area contributed by atoms with E-state index in [-0.39, 0.29) is 5.60 Å². The van der Waals surface area contributed by atoms with Crippen LogP contribution in [-0.4, -0.2) is 44.9 Å². The van der Waals surface area contributed by atoms with Gasteiger partial charge in [0.05, 0.1) is 25.4 Å². The summed E-state index contributed by atoms with van der Waals surface area (Å²) in [6, 6.07) is 10.2. The van der Waals surface area contributed by atoms with Gasteiger partial charge in [-0.2, -0.15) is 0 Å². The second-order valence-electron chi connectivity index (χ2n) is 6.65. The van der Waals surface area contributed by atoms with E-state index in [4.69, 9.17) is 9.47 Å². The van der Waals surface area contributed by atoms with Crippen LogP contribution in [0.1, 0.15) is 33.3 Å². The number of hydrogen-bond donors (Lipinski definition) is 2. The Morgan fingerprint density at radius 2 is 1.92 bits per heavy atom. The van der Waals surface area contributed by atoms with E-state index >= 15 is 0 Å². The predicted octanol–water partition coefficient (Wildman–Crippen LogP) is 2.82. The zero-order chi connectivity index (χ0) is 17.8. The average molecular weight is 335 g/mol. The molecule has 0 fully saturated rings. The minimum absolute atomic E-state index is 0.257. The lowest BCUT2D eigenvalue weighted by molar-refractivity contribution is 0.0310. The van der Waals surface area contributed by atoms with Crippen molar-refractivity contribution < 1.29 is 9.47 Å². The Hall–Kier alpha value is -1.59. The van der Waals surface area contributed by atoms with E-state index in [2.05, 4.69) is 41.6 Å². The highest BCUT2D eigenvalue weighted by Crippen LogP contribution is 2.07. The average Bonchev–Trinajstić information content (AvgIpc) is 2.58. The van der Waals surface area contributed by atoms with Crippen molar-refractivity contribution in [1.82, 2.24) is 10.6 Å². The van der Waals surface area contributed by atoms with Gasteiger partial charge in [-0.3, -0.25) is 4.99 Å². The third-order valence-electron chi connectivity index (χ3n) is 3.65. The first-order valence-electron chi connectivity index (χ1n) is 8.66. The number of nitrogens with zero attached hydrogens (tertiary/aromatic N) is 1. The van der Waals surface area contributed by atoms with Crippen LogP contribution >= 0.6 is 0 Å². The van der Waals surface area contributed by atoms with Gasteiger partial charge in [-0.25, -0.2) is 0 Å². The molecule has 0 spiro atoms. The summed E-state index contributed by atoms with van der Waals surface area (Å²) in [5.41, 5.74) is 0.946. The van der Waals surface area contributed by atoms with E-state index < -0.39 is 0 Å². The second kappa shape index (κ2) is 11.0. The van der Waals surface area contributed by atoms with E-state index in [1.54, 1.807) is 7.11 Å². The number of aliphatic imine (C=N–C) groups is 1. The molecule has 0 aliphatic heterocycles. The third kappa shape index (κ3) is 8.89. The van der Waals surface area contributed by atoms with Crippen LogP contribution in [-0.2, 0) is 16.1 Å². The smallest absolute Gasteiger partial charge is 0.191 e. The first-order chi connectivity index (χ1) is 11.5. The molecular formula is C19H33N3O2. The summed E-state index contributed by atoms with van der Waals surface area (Å²) in [5, 5.41) is 6.63. The van der Waals surface area contributed by atoms with E-state index in [9.17, 15) is 0 Å². The van der Waals surface area contributed by atoms with Gasteiger partial charge in [0.1, 0.15) is 0 Å². The Morgan fingerprint density at radius 1 is 1.21 bits per heavy atom. The van der Waals surface area contributed by atoms with E-state index in [1.807, 2.05) is 32.0 Å². The molecule has 0 bridgehead atoms. The van der Waals surface area contributed by atoms with Crippen molar-refractivity contribution in [3.05, 3.63) is 35.9 Å². The Balaban J connectivity index is 2.33. The standard InChI is InChI=1S/C19H33N3O2/c1-6-20-18(22-15-19(3,4)23-5)21-12-16(2)13-24-14-17-10-8-7-9-11-17/h7-11,16H,6,12-15H2,1-5H3,(H2,20,21,22). The molecule has 0 aliphatic rings. The minimum Gasteiger partial charge on any atom is -0.377 e. The maximum atomic E-state index is 5.79. The molecule has 136 valence electrons. The molecule has 0 amide bonds. The highest BCUT2D eigenvalue weighted by molar-refractivity contribution is 5.79. The van der Waals surface area contributed by atoms with E-state index in [0.717, 1.165) is 19.0 Å². The Bertz CT molecular complexity index is 475. The Morgan fingerprint density at radius 3 is 2.54 bits per heavy atom. The fourth-order valence-corrected chi connectivity index (χ4v) is 1.96. The SMILES string of the molecule is CCNC(=NCC(C)(C)OC)NCC(C)COCc1ccccc1. The normalized spacial score (nSPS) is 13.6. The summed E-state index contributed by atoms with van der Waals surface area (Å²) in [4.78, 5) is 4.58. The van der Waals surface area contributed by atoms with Crippen molar-refractivity contribution in [1.29, 1.82) is 0 Å². The molecule has 0 aliphatic carbocycles. The van der Waals surface area contributed by atoms with Gasteiger partial charge in [0.15, 0.2) is 5.96 Å². The van der Waals surface area contributed by atoms with Gasteiger partial charge >= 0.3 is 0 Å². The lowest BCUT2D eigenvalue weighted by Crippen LogP contribution is -2.41. The Kier molecular flexibility index (Phi) is 9.42. The predicted molar refractivity (Wildman–Crippen MR) is 100 cm³/mol. The van der Waals surface area contributed by atoms with Crippen LogP contribution in [0.15, 0.2) is 35.3 Å². The summed E-state index contributed by atoms with van der Waals surface area (Å²) in [5.74, 6) is 1.21. The van der Waals surface area contributed by atoms with Gasteiger partial charge < -0.3 is 20.1 Å². The molecule has 0 aromatic heterocycles. The van der Waals surface area contributed by atoms with E-state index in [0.29, 0.717) is 25.7 Å². The monoisotopic (exact) mass is 335 g/mol. The van der Waals surface area contributed by atoms with Crippen molar-refractivity contribution in [2.75, 3.05) is 33.4 Å². The summed E-state index contributed by atoms with van der Waals surface area (Å²) in [7, 11) is 1.71. The summed E-state index contributed by atoms with van der Waals surface area (Å²) in [6.07, 6.45) is 0. The molecule has 0 radical (unpaired) electrons. The van der Waals surface area contributed by atoms with Gasteiger partial charge in [0.2, 0.25) is 0 Å². The van der Waals surface area contributed by atoms with Crippen molar-refractivity contribution in [2.45, 2.75) is 39.9 Å². The molecule has 5 heteroatoms. The van der Waals surface area contributed by atoms with Gasteiger partial charge in [-0.1, -0.05) is 37.3 Å². The molecule has 24 heavy (non-hydrogen) atoms.